The maximum absolute atomic E-state index is 11.7. The molecule has 1 atom stereocenters. The summed E-state index contributed by atoms with van der Waals surface area (Å²) in [7, 11) is 0. The van der Waals surface area contributed by atoms with Crippen LogP contribution in [0.1, 0.15) is 36.8 Å². The Kier molecular flexibility index (Phi) is 3.43. The molecular formula is C18H19N3O2. The molecule has 23 heavy (non-hydrogen) atoms. The van der Waals surface area contributed by atoms with Gasteiger partial charge in [0, 0.05) is 11.1 Å². The molecule has 0 bridgehead atoms. The first kappa shape index (κ1) is 15.2. The number of carbonyl (C=O) groups is 1. The lowest BCUT2D eigenvalue weighted by Gasteiger charge is -2.25. The monoisotopic (exact) mass is 309 g/mol. The number of carboxylic acid groups (broad SMARTS) is 1. The van der Waals surface area contributed by atoms with Gasteiger partial charge < -0.3 is 10.4 Å². The second-order valence-electron chi connectivity index (χ2n) is 6.25. The largest absolute Gasteiger partial charge is 0.478 e. The van der Waals surface area contributed by atoms with E-state index in [0.717, 1.165) is 16.6 Å². The third-order valence-electron chi connectivity index (χ3n) is 4.53. The highest BCUT2D eigenvalue weighted by Gasteiger charge is 2.38. The zero-order valence-electron chi connectivity index (χ0n) is 13.4. The number of aromatic carboxylic acids is 1. The summed E-state index contributed by atoms with van der Waals surface area (Å²) in [5, 5.41) is 13.5. The van der Waals surface area contributed by atoms with Gasteiger partial charge in [-0.3, -0.25) is 4.99 Å². The molecule has 1 unspecified atom stereocenters. The molecule has 0 saturated heterocycles. The van der Waals surface area contributed by atoms with Gasteiger partial charge in [-0.05, 0) is 25.0 Å². The van der Waals surface area contributed by atoms with E-state index in [1.165, 1.54) is 0 Å². The molecule has 1 aliphatic heterocycles. The first-order valence-electron chi connectivity index (χ1n) is 7.52. The van der Waals surface area contributed by atoms with Gasteiger partial charge >= 0.3 is 5.97 Å². The maximum atomic E-state index is 11.7. The van der Waals surface area contributed by atoms with Crippen LogP contribution in [0.15, 0.2) is 47.6 Å². The van der Waals surface area contributed by atoms with Crippen LogP contribution in [-0.4, -0.2) is 27.4 Å². The van der Waals surface area contributed by atoms with E-state index in [1.807, 2.05) is 31.2 Å². The number of pyridine rings is 1. The van der Waals surface area contributed by atoms with Gasteiger partial charge in [-0.1, -0.05) is 38.6 Å². The van der Waals surface area contributed by atoms with E-state index in [1.54, 1.807) is 6.07 Å². The fourth-order valence-electron chi connectivity index (χ4n) is 2.65. The van der Waals surface area contributed by atoms with Gasteiger partial charge in [-0.25, -0.2) is 9.78 Å². The van der Waals surface area contributed by atoms with Crippen LogP contribution in [0.4, 0.5) is 0 Å². The number of rotatable bonds is 3. The fourth-order valence-corrected chi connectivity index (χ4v) is 2.65. The number of benzene rings is 1. The summed E-state index contributed by atoms with van der Waals surface area (Å²) in [4.78, 5) is 20.9. The molecule has 0 radical (unpaired) electrons. The number of carboxylic acids is 1. The zero-order valence-corrected chi connectivity index (χ0v) is 13.4. The van der Waals surface area contributed by atoms with Gasteiger partial charge in [0.2, 0.25) is 0 Å². The van der Waals surface area contributed by atoms with Crippen molar-refractivity contribution in [1.82, 2.24) is 10.3 Å². The summed E-state index contributed by atoms with van der Waals surface area (Å²) in [6, 6.07) is 9.08. The normalized spacial score (nSPS) is 20.7. The number of aromatic nitrogens is 1. The van der Waals surface area contributed by atoms with Crippen molar-refractivity contribution in [2.45, 2.75) is 26.3 Å². The minimum atomic E-state index is -1.02. The van der Waals surface area contributed by atoms with Crippen LogP contribution in [0, 0.1) is 5.92 Å². The average molecular weight is 309 g/mol. The SMILES string of the molecule is C=C1NC(c2nc3ccccc3cc2C(=O)O)=NC1(C)C(C)C. The van der Waals surface area contributed by atoms with Crippen LogP contribution in [0.5, 0.6) is 0 Å². The van der Waals surface area contributed by atoms with E-state index in [2.05, 4.69) is 30.7 Å². The molecule has 0 spiro atoms. The first-order chi connectivity index (χ1) is 10.8. The number of nitrogens with zero attached hydrogens (tertiary/aromatic N) is 2. The molecule has 2 N–H and O–H groups in total. The number of nitrogens with one attached hydrogen (secondary N) is 1. The molecule has 1 aromatic heterocycles. The smallest absolute Gasteiger partial charge is 0.338 e. The van der Waals surface area contributed by atoms with Crippen molar-refractivity contribution in [3.05, 3.63) is 53.9 Å². The number of amidine groups is 1. The van der Waals surface area contributed by atoms with Crippen LogP contribution in [0.25, 0.3) is 10.9 Å². The third kappa shape index (κ3) is 2.38. The Labute approximate surface area is 134 Å². The lowest BCUT2D eigenvalue weighted by molar-refractivity contribution is 0.0696. The Hall–Kier alpha value is -2.69. The molecule has 0 fully saturated rings. The molecule has 0 aliphatic carbocycles. The van der Waals surface area contributed by atoms with Crippen molar-refractivity contribution in [2.24, 2.45) is 10.9 Å². The highest BCUT2D eigenvalue weighted by molar-refractivity contribution is 6.10. The van der Waals surface area contributed by atoms with Crippen LogP contribution in [0.2, 0.25) is 0 Å². The Bertz CT molecular complexity index is 854. The van der Waals surface area contributed by atoms with E-state index < -0.39 is 11.5 Å². The number of para-hydroxylation sites is 1. The van der Waals surface area contributed by atoms with Crippen LogP contribution < -0.4 is 5.32 Å². The quantitative estimate of drug-likeness (QED) is 0.913. The molecule has 2 heterocycles. The Morgan fingerprint density at radius 2 is 2.04 bits per heavy atom. The van der Waals surface area contributed by atoms with E-state index in [4.69, 9.17) is 4.99 Å². The third-order valence-corrected chi connectivity index (χ3v) is 4.53. The van der Waals surface area contributed by atoms with Crippen molar-refractivity contribution < 1.29 is 9.90 Å². The summed E-state index contributed by atoms with van der Waals surface area (Å²) in [5.74, 6) is -0.324. The Morgan fingerprint density at radius 3 is 2.65 bits per heavy atom. The molecule has 2 aromatic rings. The number of fused-ring (bicyclic) bond motifs is 1. The van der Waals surface area contributed by atoms with Gasteiger partial charge in [0.25, 0.3) is 0 Å². The highest BCUT2D eigenvalue weighted by Crippen LogP contribution is 2.33. The van der Waals surface area contributed by atoms with Gasteiger partial charge in [0.1, 0.15) is 11.2 Å². The molecule has 1 aromatic carbocycles. The van der Waals surface area contributed by atoms with Gasteiger partial charge in [-0.15, -0.1) is 0 Å². The fraction of sp³-hybridized carbons (Fsp3) is 0.278. The zero-order chi connectivity index (χ0) is 16.8. The summed E-state index contributed by atoms with van der Waals surface area (Å²) in [6.07, 6.45) is 0. The van der Waals surface area contributed by atoms with E-state index >= 15 is 0 Å². The van der Waals surface area contributed by atoms with Gasteiger partial charge in [-0.2, -0.15) is 0 Å². The van der Waals surface area contributed by atoms with Gasteiger partial charge in [0.05, 0.1) is 11.1 Å². The number of hydrogen-bond acceptors (Lipinski definition) is 4. The molecule has 1 aliphatic rings. The molecule has 3 rings (SSSR count). The predicted molar refractivity (Wildman–Crippen MR) is 90.8 cm³/mol. The van der Waals surface area contributed by atoms with Crippen molar-refractivity contribution in [3.8, 4) is 0 Å². The van der Waals surface area contributed by atoms with Gasteiger partial charge in [0.15, 0.2) is 5.84 Å². The van der Waals surface area contributed by atoms with Crippen molar-refractivity contribution >= 4 is 22.7 Å². The molecular weight excluding hydrogens is 290 g/mol. The van der Waals surface area contributed by atoms with Crippen molar-refractivity contribution in [2.75, 3.05) is 0 Å². The van der Waals surface area contributed by atoms with Crippen molar-refractivity contribution in [3.63, 3.8) is 0 Å². The van der Waals surface area contributed by atoms with E-state index in [-0.39, 0.29) is 11.5 Å². The summed E-state index contributed by atoms with van der Waals surface area (Å²) >= 11 is 0. The summed E-state index contributed by atoms with van der Waals surface area (Å²) in [5.41, 5.74) is 1.50. The van der Waals surface area contributed by atoms with Crippen LogP contribution in [0.3, 0.4) is 0 Å². The van der Waals surface area contributed by atoms with Crippen LogP contribution >= 0.6 is 0 Å². The molecule has 0 saturated carbocycles. The van der Waals surface area contributed by atoms with E-state index in [0.29, 0.717) is 11.5 Å². The maximum Gasteiger partial charge on any atom is 0.338 e. The minimum Gasteiger partial charge on any atom is -0.478 e. The average Bonchev–Trinajstić information content (AvgIpc) is 2.82. The Balaban J connectivity index is 2.22. The highest BCUT2D eigenvalue weighted by atomic mass is 16.4. The lowest BCUT2D eigenvalue weighted by atomic mass is 9.87. The second kappa shape index (κ2) is 5.19. The summed E-state index contributed by atoms with van der Waals surface area (Å²) < 4.78 is 0. The number of hydrogen-bond donors (Lipinski definition) is 2. The van der Waals surface area contributed by atoms with Crippen molar-refractivity contribution in [1.29, 1.82) is 0 Å². The van der Waals surface area contributed by atoms with E-state index in [9.17, 15) is 9.90 Å². The Morgan fingerprint density at radius 1 is 1.35 bits per heavy atom. The summed E-state index contributed by atoms with van der Waals surface area (Å²) in [6.45, 7) is 10.1. The second-order valence-corrected chi connectivity index (χ2v) is 6.25. The minimum absolute atomic E-state index is 0.135. The predicted octanol–water partition coefficient (Wildman–Crippen LogP) is 3.21. The molecule has 5 heteroatoms. The topological polar surface area (TPSA) is 74.6 Å². The lowest BCUT2D eigenvalue weighted by Crippen LogP contribution is -2.31. The molecule has 118 valence electrons. The molecule has 0 amide bonds. The standard InChI is InChI=1S/C18H19N3O2/c1-10(2)18(4)11(3)19-16(21-18)15-13(17(22)23)9-12-7-5-6-8-14(12)20-15/h5-10H,3H2,1-2,4H3,(H,19,21)(H,22,23). The van der Waals surface area contributed by atoms with Crippen LogP contribution in [-0.2, 0) is 0 Å². The first-order valence-corrected chi connectivity index (χ1v) is 7.52. The molecule has 5 nitrogen and oxygen atoms in total. The number of aliphatic imine (C=N–C) groups is 1.